The largest absolute Gasteiger partial charge is 0.480 e. The molecule has 0 aromatic heterocycles. The predicted octanol–water partition coefficient (Wildman–Crippen LogP) is 1.48. The number of halogens is 3. The predicted molar refractivity (Wildman–Crippen MR) is 69.7 cm³/mol. The molecular formula is C11H9BrF2N2O5. The second-order valence-electron chi connectivity index (χ2n) is 3.64. The maximum absolute atomic E-state index is 13.3. The third kappa shape index (κ3) is 5.83. The Morgan fingerprint density at radius 2 is 1.86 bits per heavy atom. The molecule has 1 aromatic carbocycles. The topological polar surface area (TPSA) is 105 Å². The van der Waals surface area contributed by atoms with Crippen molar-refractivity contribution in [3.05, 3.63) is 28.2 Å². The minimum atomic E-state index is -1.27. The first kappa shape index (κ1) is 17.0. The van der Waals surface area contributed by atoms with Crippen molar-refractivity contribution in [3.63, 3.8) is 0 Å². The van der Waals surface area contributed by atoms with E-state index in [0.29, 0.717) is 6.07 Å². The van der Waals surface area contributed by atoms with E-state index in [9.17, 15) is 23.2 Å². The van der Waals surface area contributed by atoms with Gasteiger partial charge in [-0.3, -0.25) is 10.1 Å². The SMILES string of the molecule is O=C(O)COCC(=O)NC(=O)Nc1cc(Br)c(F)cc1F. The second kappa shape index (κ2) is 7.64. The summed E-state index contributed by atoms with van der Waals surface area (Å²) in [6, 6.07) is 0.462. The van der Waals surface area contributed by atoms with E-state index in [1.165, 1.54) is 0 Å². The van der Waals surface area contributed by atoms with Crippen molar-refractivity contribution in [1.82, 2.24) is 5.32 Å². The van der Waals surface area contributed by atoms with Crippen LogP contribution in [0.25, 0.3) is 0 Å². The van der Waals surface area contributed by atoms with Crippen LogP contribution in [0.3, 0.4) is 0 Å². The molecular weight excluding hydrogens is 358 g/mol. The van der Waals surface area contributed by atoms with Gasteiger partial charge in [-0.25, -0.2) is 18.4 Å². The van der Waals surface area contributed by atoms with Gasteiger partial charge in [0, 0.05) is 6.07 Å². The van der Waals surface area contributed by atoms with Crippen LogP contribution in [0.4, 0.5) is 19.3 Å². The molecule has 0 aliphatic carbocycles. The average Bonchev–Trinajstić information content (AvgIpc) is 2.35. The van der Waals surface area contributed by atoms with Crippen LogP contribution in [0.15, 0.2) is 16.6 Å². The highest BCUT2D eigenvalue weighted by molar-refractivity contribution is 9.10. The fourth-order valence-corrected chi connectivity index (χ4v) is 1.51. The molecule has 0 aliphatic rings. The lowest BCUT2D eigenvalue weighted by molar-refractivity contribution is -0.143. The van der Waals surface area contributed by atoms with E-state index in [2.05, 4.69) is 20.7 Å². The van der Waals surface area contributed by atoms with E-state index in [-0.39, 0.29) is 10.2 Å². The van der Waals surface area contributed by atoms with Gasteiger partial charge < -0.3 is 15.2 Å². The molecule has 1 aromatic rings. The summed E-state index contributed by atoms with van der Waals surface area (Å²) < 4.78 is 30.7. The van der Waals surface area contributed by atoms with Gasteiger partial charge in [-0.05, 0) is 22.0 Å². The van der Waals surface area contributed by atoms with Gasteiger partial charge in [0.05, 0.1) is 10.2 Å². The second-order valence-corrected chi connectivity index (χ2v) is 4.49. The van der Waals surface area contributed by atoms with Crippen LogP contribution in [0.2, 0.25) is 0 Å². The molecule has 0 aliphatic heterocycles. The van der Waals surface area contributed by atoms with Crippen molar-refractivity contribution in [1.29, 1.82) is 0 Å². The molecule has 0 fully saturated rings. The summed E-state index contributed by atoms with van der Waals surface area (Å²) in [6.45, 7) is -1.36. The Hall–Kier alpha value is -2.07. The number of imide groups is 1. The summed E-state index contributed by atoms with van der Waals surface area (Å²) >= 11 is 2.81. The number of amides is 3. The maximum atomic E-state index is 13.3. The number of carbonyl (C=O) groups excluding carboxylic acids is 2. The quantitative estimate of drug-likeness (QED) is 0.684. The fourth-order valence-electron chi connectivity index (χ4n) is 1.17. The zero-order valence-electron chi connectivity index (χ0n) is 10.3. The summed E-state index contributed by atoms with van der Waals surface area (Å²) in [6.07, 6.45) is 0. The highest BCUT2D eigenvalue weighted by Gasteiger charge is 2.13. The van der Waals surface area contributed by atoms with Gasteiger partial charge >= 0.3 is 12.0 Å². The van der Waals surface area contributed by atoms with Crippen LogP contribution in [0, 0.1) is 11.6 Å². The number of hydrogen-bond donors (Lipinski definition) is 3. The Morgan fingerprint density at radius 3 is 2.48 bits per heavy atom. The molecule has 1 rings (SSSR count). The first-order chi connectivity index (χ1) is 9.79. The van der Waals surface area contributed by atoms with Gasteiger partial charge in [-0.2, -0.15) is 0 Å². The monoisotopic (exact) mass is 366 g/mol. The molecule has 0 saturated heterocycles. The van der Waals surface area contributed by atoms with Gasteiger partial charge in [-0.1, -0.05) is 0 Å². The van der Waals surface area contributed by atoms with Crippen LogP contribution in [0.5, 0.6) is 0 Å². The third-order valence-electron chi connectivity index (χ3n) is 1.97. The first-order valence-electron chi connectivity index (χ1n) is 5.34. The van der Waals surface area contributed by atoms with E-state index in [1.807, 2.05) is 5.32 Å². The number of aliphatic carboxylic acids is 1. The van der Waals surface area contributed by atoms with Crippen molar-refractivity contribution >= 4 is 39.5 Å². The van der Waals surface area contributed by atoms with Crippen molar-refractivity contribution in [2.45, 2.75) is 0 Å². The average molecular weight is 367 g/mol. The normalized spacial score (nSPS) is 10.0. The molecule has 0 heterocycles. The lowest BCUT2D eigenvalue weighted by atomic mass is 10.3. The van der Waals surface area contributed by atoms with Crippen LogP contribution < -0.4 is 10.6 Å². The molecule has 0 saturated carbocycles. The Labute approximate surface area is 125 Å². The molecule has 0 radical (unpaired) electrons. The number of urea groups is 1. The van der Waals surface area contributed by atoms with Crippen molar-refractivity contribution in [2.24, 2.45) is 0 Å². The summed E-state index contributed by atoms with van der Waals surface area (Å²) in [7, 11) is 0. The minimum Gasteiger partial charge on any atom is -0.480 e. The van der Waals surface area contributed by atoms with E-state index in [1.54, 1.807) is 5.32 Å². The summed E-state index contributed by atoms with van der Waals surface area (Å²) in [5.74, 6) is -4.07. The van der Waals surface area contributed by atoms with Gasteiger partial charge in [0.25, 0.3) is 5.91 Å². The number of ether oxygens (including phenoxy) is 1. The molecule has 3 amide bonds. The van der Waals surface area contributed by atoms with E-state index < -0.39 is 42.8 Å². The molecule has 3 N–H and O–H groups in total. The molecule has 7 nitrogen and oxygen atoms in total. The molecule has 0 atom stereocenters. The van der Waals surface area contributed by atoms with Gasteiger partial charge in [-0.15, -0.1) is 0 Å². The number of nitrogens with one attached hydrogen (secondary N) is 2. The minimum absolute atomic E-state index is 0.0738. The third-order valence-corrected chi connectivity index (χ3v) is 2.58. The molecule has 114 valence electrons. The Morgan fingerprint density at radius 1 is 1.19 bits per heavy atom. The lowest BCUT2D eigenvalue weighted by Gasteiger charge is -2.08. The number of carbonyl (C=O) groups is 3. The number of benzene rings is 1. The van der Waals surface area contributed by atoms with Crippen LogP contribution in [-0.4, -0.2) is 36.2 Å². The highest BCUT2D eigenvalue weighted by atomic mass is 79.9. The summed E-state index contributed by atoms with van der Waals surface area (Å²) in [5, 5.41) is 12.0. The van der Waals surface area contributed by atoms with Crippen molar-refractivity contribution in [3.8, 4) is 0 Å². The number of anilines is 1. The molecule has 0 spiro atoms. The number of hydrogen-bond acceptors (Lipinski definition) is 4. The highest BCUT2D eigenvalue weighted by Crippen LogP contribution is 2.23. The molecule has 0 bridgehead atoms. The lowest BCUT2D eigenvalue weighted by Crippen LogP contribution is -2.37. The van der Waals surface area contributed by atoms with Crippen molar-refractivity contribution < 1.29 is 33.0 Å². The van der Waals surface area contributed by atoms with Crippen molar-refractivity contribution in [2.75, 3.05) is 18.5 Å². The van der Waals surface area contributed by atoms with Gasteiger partial charge in [0.2, 0.25) is 0 Å². The van der Waals surface area contributed by atoms with E-state index in [4.69, 9.17) is 5.11 Å². The Bertz CT molecular complexity index is 582. The van der Waals surface area contributed by atoms with E-state index in [0.717, 1.165) is 6.07 Å². The number of carboxylic acid groups (broad SMARTS) is 1. The zero-order chi connectivity index (χ0) is 16.0. The summed E-state index contributed by atoms with van der Waals surface area (Å²) in [5.41, 5.74) is -0.347. The maximum Gasteiger partial charge on any atom is 0.329 e. The van der Waals surface area contributed by atoms with Crippen LogP contribution in [0.1, 0.15) is 0 Å². The molecule has 21 heavy (non-hydrogen) atoms. The Kier molecular flexibility index (Phi) is 6.18. The first-order valence-corrected chi connectivity index (χ1v) is 6.14. The standard InChI is InChI=1S/C11H9BrF2N2O5/c12-5-1-8(7(14)2-6(5)13)15-11(20)16-9(17)3-21-4-10(18)19/h1-2H,3-4H2,(H,18,19)(H2,15,16,17,20). The fraction of sp³-hybridized carbons (Fsp3) is 0.182. The molecule has 10 heteroatoms. The number of carboxylic acids is 1. The van der Waals surface area contributed by atoms with Crippen LogP contribution in [-0.2, 0) is 14.3 Å². The molecule has 0 unspecified atom stereocenters. The number of rotatable bonds is 5. The Balaban J connectivity index is 2.52. The van der Waals surface area contributed by atoms with Crippen LogP contribution >= 0.6 is 15.9 Å². The zero-order valence-corrected chi connectivity index (χ0v) is 11.9. The van der Waals surface area contributed by atoms with Gasteiger partial charge in [0.15, 0.2) is 0 Å². The summed E-state index contributed by atoms with van der Waals surface area (Å²) in [4.78, 5) is 32.7. The van der Waals surface area contributed by atoms with E-state index >= 15 is 0 Å². The van der Waals surface area contributed by atoms with Gasteiger partial charge in [0.1, 0.15) is 24.8 Å². The smallest absolute Gasteiger partial charge is 0.329 e.